The number of carbonyl (C=O) groups excluding carboxylic acids is 1. The molecular weight excluding hydrogens is 319 g/mol. The molecular formula is C19H27FN4O. The Bertz CT molecular complexity index is 719. The van der Waals surface area contributed by atoms with Gasteiger partial charge in [-0.3, -0.25) is 9.48 Å². The molecule has 1 aromatic carbocycles. The van der Waals surface area contributed by atoms with Gasteiger partial charge in [-0.25, -0.2) is 4.39 Å². The van der Waals surface area contributed by atoms with Crippen LogP contribution in [0.1, 0.15) is 43.1 Å². The first-order valence-corrected chi connectivity index (χ1v) is 9.13. The third-order valence-corrected chi connectivity index (χ3v) is 4.99. The van der Waals surface area contributed by atoms with Crippen LogP contribution in [-0.4, -0.2) is 53.4 Å². The van der Waals surface area contributed by atoms with Crippen molar-refractivity contribution in [1.29, 1.82) is 0 Å². The van der Waals surface area contributed by atoms with E-state index in [0.29, 0.717) is 24.6 Å². The van der Waals surface area contributed by atoms with Gasteiger partial charge in [0.05, 0.1) is 5.56 Å². The van der Waals surface area contributed by atoms with E-state index in [0.717, 1.165) is 36.8 Å². The number of aromatic nitrogens is 2. The lowest BCUT2D eigenvalue weighted by Crippen LogP contribution is -2.39. The van der Waals surface area contributed by atoms with Crippen LogP contribution >= 0.6 is 0 Å². The fraction of sp³-hybridized carbons (Fsp3) is 0.579. The number of carbonyl (C=O) groups is 1. The van der Waals surface area contributed by atoms with Crippen molar-refractivity contribution in [1.82, 2.24) is 20.0 Å². The van der Waals surface area contributed by atoms with Crippen LogP contribution in [0, 0.1) is 5.92 Å². The normalized spacial score (nSPS) is 16.6. The number of amides is 1. The monoisotopic (exact) mass is 346 g/mol. The molecule has 1 amide bonds. The van der Waals surface area contributed by atoms with Crippen LogP contribution in [-0.2, 0) is 0 Å². The van der Waals surface area contributed by atoms with Crippen LogP contribution < -0.4 is 5.32 Å². The Balaban J connectivity index is 1.61. The van der Waals surface area contributed by atoms with Gasteiger partial charge in [0.2, 0.25) is 0 Å². The average molecular weight is 346 g/mol. The molecule has 0 saturated carbocycles. The minimum Gasteiger partial charge on any atom is -0.352 e. The van der Waals surface area contributed by atoms with Crippen molar-refractivity contribution in [3.8, 4) is 0 Å². The number of rotatable bonds is 6. The topological polar surface area (TPSA) is 50.2 Å². The number of fused-ring (bicyclic) bond motifs is 1. The van der Waals surface area contributed by atoms with Gasteiger partial charge in [-0.1, -0.05) is 12.1 Å². The van der Waals surface area contributed by atoms with E-state index >= 15 is 0 Å². The second-order valence-corrected chi connectivity index (χ2v) is 7.13. The minimum atomic E-state index is -0.283. The molecule has 1 aliphatic rings. The zero-order valence-electron chi connectivity index (χ0n) is 15.0. The standard InChI is InChI=1S/C19H27FN4O/c1-14(2)24-13-16-4-3-5-17(18(16)22-24)19(25)21-12-15-6-9-23(10-7-15)11-8-20/h3-5,13-15H,6-12H2,1-2H3,(H,21,25). The number of nitrogens with one attached hydrogen (secondary N) is 1. The highest BCUT2D eigenvalue weighted by Gasteiger charge is 2.20. The molecule has 3 rings (SSSR count). The number of halogens is 1. The zero-order chi connectivity index (χ0) is 17.8. The molecule has 1 N–H and O–H groups in total. The fourth-order valence-corrected chi connectivity index (χ4v) is 3.38. The first-order chi connectivity index (χ1) is 12.1. The van der Waals surface area contributed by atoms with Crippen LogP contribution in [0.15, 0.2) is 24.4 Å². The Morgan fingerprint density at radius 1 is 1.36 bits per heavy atom. The molecule has 5 nitrogen and oxygen atoms in total. The summed E-state index contributed by atoms with van der Waals surface area (Å²) in [6.07, 6.45) is 4.00. The fourth-order valence-electron chi connectivity index (χ4n) is 3.38. The van der Waals surface area contributed by atoms with E-state index in [1.54, 1.807) is 0 Å². The molecule has 2 heterocycles. The first kappa shape index (κ1) is 17.9. The van der Waals surface area contributed by atoms with Gasteiger partial charge in [0.25, 0.3) is 5.91 Å². The highest BCUT2D eigenvalue weighted by Crippen LogP contribution is 2.20. The molecule has 2 aromatic rings. The van der Waals surface area contributed by atoms with Gasteiger partial charge in [-0.15, -0.1) is 0 Å². The minimum absolute atomic E-state index is 0.0641. The molecule has 0 spiro atoms. The van der Waals surface area contributed by atoms with Gasteiger partial charge in [-0.05, 0) is 51.8 Å². The molecule has 0 aliphatic carbocycles. The van der Waals surface area contributed by atoms with Crippen molar-refractivity contribution in [3.05, 3.63) is 30.0 Å². The van der Waals surface area contributed by atoms with E-state index in [4.69, 9.17) is 0 Å². The molecule has 1 aromatic heterocycles. The second-order valence-electron chi connectivity index (χ2n) is 7.13. The predicted molar refractivity (Wildman–Crippen MR) is 97.6 cm³/mol. The third kappa shape index (κ3) is 4.18. The van der Waals surface area contributed by atoms with Gasteiger partial charge in [-0.2, -0.15) is 5.10 Å². The summed E-state index contributed by atoms with van der Waals surface area (Å²) in [5, 5.41) is 8.62. The van der Waals surface area contributed by atoms with Crippen LogP contribution in [0.3, 0.4) is 0 Å². The summed E-state index contributed by atoms with van der Waals surface area (Å²) in [7, 11) is 0. The summed E-state index contributed by atoms with van der Waals surface area (Å²) in [6.45, 7) is 6.89. The van der Waals surface area contributed by atoms with Crippen LogP contribution in [0.5, 0.6) is 0 Å². The summed E-state index contributed by atoms with van der Waals surface area (Å²) in [5.41, 5.74) is 1.39. The Morgan fingerprint density at radius 2 is 2.12 bits per heavy atom. The quantitative estimate of drug-likeness (QED) is 0.875. The van der Waals surface area contributed by atoms with Crippen LogP contribution in [0.2, 0.25) is 0 Å². The molecule has 1 saturated heterocycles. The maximum Gasteiger partial charge on any atom is 0.253 e. The third-order valence-electron chi connectivity index (χ3n) is 4.99. The summed E-state index contributed by atoms with van der Waals surface area (Å²) in [6, 6.07) is 5.98. The first-order valence-electron chi connectivity index (χ1n) is 9.13. The Morgan fingerprint density at radius 3 is 2.80 bits per heavy atom. The van der Waals surface area contributed by atoms with Crippen molar-refractivity contribution < 1.29 is 9.18 Å². The number of hydrogen-bond donors (Lipinski definition) is 1. The maximum atomic E-state index is 12.6. The van der Waals surface area contributed by atoms with Crippen molar-refractivity contribution in [3.63, 3.8) is 0 Å². The Hall–Kier alpha value is -1.95. The van der Waals surface area contributed by atoms with E-state index in [1.807, 2.05) is 29.1 Å². The summed E-state index contributed by atoms with van der Waals surface area (Å²) < 4.78 is 14.3. The maximum absolute atomic E-state index is 12.6. The molecule has 1 aliphatic heterocycles. The van der Waals surface area contributed by atoms with Gasteiger partial charge in [0.1, 0.15) is 12.2 Å². The Kier molecular flexibility index (Phi) is 5.68. The molecule has 136 valence electrons. The van der Waals surface area contributed by atoms with Crippen molar-refractivity contribution in [2.45, 2.75) is 32.7 Å². The highest BCUT2D eigenvalue weighted by atomic mass is 19.1. The molecule has 0 radical (unpaired) electrons. The number of piperidine rings is 1. The molecule has 25 heavy (non-hydrogen) atoms. The lowest BCUT2D eigenvalue weighted by Gasteiger charge is -2.31. The molecule has 6 heteroatoms. The smallest absolute Gasteiger partial charge is 0.253 e. The van der Waals surface area contributed by atoms with Gasteiger partial charge < -0.3 is 10.2 Å². The molecule has 0 unspecified atom stereocenters. The van der Waals surface area contributed by atoms with Crippen LogP contribution in [0.25, 0.3) is 10.9 Å². The Labute approximate surface area is 148 Å². The number of benzene rings is 1. The lowest BCUT2D eigenvalue weighted by molar-refractivity contribution is 0.0937. The summed E-state index contributed by atoms with van der Waals surface area (Å²) in [5.74, 6) is 0.401. The van der Waals surface area contributed by atoms with Crippen LogP contribution in [0.4, 0.5) is 4.39 Å². The van der Waals surface area contributed by atoms with E-state index in [9.17, 15) is 9.18 Å². The molecule has 1 fully saturated rings. The summed E-state index contributed by atoms with van der Waals surface area (Å²) >= 11 is 0. The van der Waals surface area contributed by atoms with Crippen molar-refractivity contribution in [2.75, 3.05) is 32.9 Å². The number of hydrogen-bond acceptors (Lipinski definition) is 3. The number of likely N-dealkylation sites (tertiary alicyclic amines) is 1. The van der Waals surface area contributed by atoms with Crippen molar-refractivity contribution in [2.24, 2.45) is 5.92 Å². The SMILES string of the molecule is CC(C)n1cc2cccc(C(=O)NCC3CCN(CCF)CC3)c2n1. The lowest BCUT2D eigenvalue weighted by atomic mass is 9.96. The zero-order valence-corrected chi connectivity index (χ0v) is 15.0. The summed E-state index contributed by atoms with van der Waals surface area (Å²) in [4.78, 5) is 14.8. The highest BCUT2D eigenvalue weighted by molar-refractivity contribution is 6.05. The van der Waals surface area contributed by atoms with Gasteiger partial charge in [0.15, 0.2) is 0 Å². The largest absolute Gasteiger partial charge is 0.352 e. The second kappa shape index (κ2) is 7.95. The average Bonchev–Trinajstić information content (AvgIpc) is 3.05. The van der Waals surface area contributed by atoms with E-state index in [2.05, 4.69) is 29.2 Å². The predicted octanol–water partition coefficient (Wildman–Crippen LogP) is 3.03. The molecule has 0 bridgehead atoms. The van der Waals surface area contributed by atoms with Gasteiger partial charge in [0, 0.05) is 30.7 Å². The van der Waals surface area contributed by atoms with Gasteiger partial charge >= 0.3 is 0 Å². The number of nitrogens with zero attached hydrogens (tertiary/aromatic N) is 3. The molecule has 0 atom stereocenters. The van der Waals surface area contributed by atoms with Crippen molar-refractivity contribution >= 4 is 16.8 Å². The van der Waals surface area contributed by atoms with E-state index in [-0.39, 0.29) is 18.6 Å². The number of alkyl halides is 1. The van der Waals surface area contributed by atoms with E-state index < -0.39 is 0 Å². The van der Waals surface area contributed by atoms with E-state index in [1.165, 1.54) is 0 Å².